The van der Waals surface area contributed by atoms with E-state index >= 15 is 0 Å². The van der Waals surface area contributed by atoms with E-state index in [-0.39, 0.29) is 26.3 Å². The molecule has 0 radical (unpaired) electrons. The van der Waals surface area contributed by atoms with Crippen molar-refractivity contribution in [2.45, 2.75) is 16.0 Å². The molecule has 0 spiro atoms. The molecule has 0 aliphatic carbocycles. The molecule has 1 heterocycles. The molecule has 29 heavy (non-hydrogen) atoms. The molecular formula is C22H14F3NO2S. The smallest absolute Gasteiger partial charge is 0.255 e. The van der Waals surface area contributed by atoms with E-state index < -0.39 is 21.6 Å². The van der Waals surface area contributed by atoms with Gasteiger partial charge in [0.1, 0.15) is 0 Å². The fraction of sp³-hybridized carbons (Fsp3) is 0.0455. The molecule has 0 unspecified atom stereocenters. The number of hydrogen-bond acceptors (Lipinski definition) is 3. The summed E-state index contributed by atoms with van der Waals surface area (Å²) in [4.78, 5) is 4.05. The van der Waals surface area contributed by atoms with Crippen molar-refractivity contribution in [2.75, 3.05) is 0 Å². The summed E-state index contributed by atoms with van der Waals surface area (Å²) < 4.78 is 66.5. The Bertz CT molecular complexity index is 1290. The van der Waals surface area contributed by atoms with E-state index in [2.05, 4.69) is 4.98 Å². The van der Waals surface area contributed by atoms with Crippen molar-refractivity contribution >= 4 is 20.7 Å². The highest BCUT2D eigenvalue weighted by molar-refractivity contribution is 7.91. The molecule has 0 fully saturated rings. The standard InChI is InChI=1S/C22H14F3NO2S/c23-22(24,25)16-11-12-19-18(13-16)21(15-7-3-1-4-8-15)20(14-26-19)29(27,28)17-9-5-2-6-10-17/h1-14H. The van der Waals surface area contributed by atoms with Crippen molar-refractivity contribution < 1.29 is 21.6 Å². The molecular weight excluding hydrogens is 399 g/mol. The number of alkyl halides is 3. The van der Waals surface area contributed by atoms with Crippen molar-refractivity contribution in [1.82, 2.24) is 4.98 Å². The van der Waals surface area contributed by atoms with Crippen LogP contribution < -0.4 is 0 Å². The van der Waals surface area contributed by atoms with E-state index in [4.69, 9.17) is 0 Å². The molecule has 0 aliphatic heterocycles. The summed E-state index contributed by atoms with van der Waals surface area (Å²) >= 11 is 0. The van der Waals surface area contributed by atoms with E-state index in [0.717, 1.165) is 12.1 Å². The first kappa shape index (κ1) is 19.1. The normalized spacial score (nSPS) is 12.2. The third-order valence-corrected chi connectivity index (χ3v) is 6.35. The number of halogens is 3. The Hall–Kier alpha value is -3.19. The van der Waals surface area contributed by atoms with E-state index in [1.54, 1.807) is 48.5 Å². The number of sulfone groups is 1. The van der Waals surface area contributed by atoms with E-state index in [9.17, 15) is 21.6 Å². The van der Waals surface area contributed by atoms with Gasteiger partial charge in [0.15, 0.2) is 0 Å². The Morgan fingerprint density at radius 2 is 1.41 bits per heavy atom. The lowest BCUT2D eigenvalue weighted by molar-refractivity contribution is -0.137. The van der Waals surface area contributed by atoms with Gasteiger partial charge in [-0.3, -0.25) is 4.98 Å². The van der Waals surface area contributed by atoms with Crippen LogP contribution in [-0.2, 0) is 16.0 Å². The predicted molar refractivity (Wildman–Crippen MR) is 104 cm³/mol. The second-order valence-electron chi connectivity index (χ2n) is 6.41. The molecule has 7 heteroatoms. The third-order valence-electron chi connectivity index (χ3n) is 4.57. The SMILES string of the molecule is O=S(=O)(c1ccccc1)c1cnc2ccc(C(F)(F)F)cc2c1-c1ccccc1. The van der Waals surface area contributed by atoms with Crippen molar-refractivity contribution in [3.05, 3.63) is 90.6 Å². The Morgan fingerprint density at radius 3 is 2.03 bits per heavy atom. The molecule has 0 amide bonds. The maximum Gasteiger partial charge on any atom is 0.416 e. The number of pyridine rings is 1. The summed E-state index contributed by atoms with van der Waals surface area (Å²) in [5.41, 5.74) is 0.112. The van der Waals surface area contributed by atoms with Crippen LogP contribution >= 0.6 is 0 Å². The molecule has 3 nitrogen and oxygen atoms in total. The summed E-state index contributed by atoms with van der Waals surface area (Å²) in [5, 5.41) is 0.128. The van der Waals surface area contributed by atoms with Crippen LogP contribution in [0.3, 0.4) is 0 Å². The van der Waals surface area contributed by atoms with Crippen LogP contribution in [0.5, 0.6) is 0 Å². The Kier molecular flexibility index (Phi) is 4.62. The maximum atomic E-state index is 13.3. The summed E-state index contributed by atoms with van der Waals surface area (Å²) in [6, 6.07) is 19.4. The highest BCUT2D eigenvalue weighted by Gasteiger charge is 2.32. The average molecular weight is 413 g/mol. The number of nitrogens with zero attached hydrogens (tertiary/aromatic N) is 1. The molecule has 0 aliphatic rings. The first-order valence-electron chi connectivity index (χ1n) is 8.64. The largest absolute Gasteiger partial charge is 0.416 e. The van der Waals surface area contributed by atoms with Crippen LogP contribution in [0.1, 0.15) is 5.56 Å². The highest BCUT2D eigenvalue weighted by Crippen LogP contribution is 2.39. The quantitative estimate of drug-likeness (QED) is 0.429. The molecule has 4 rings (SSSR count). The van der Waals surface area contributed by atoms with E-state index in [0.29, 0.717) is 5.56 Å². The van der Waals surface area contributed by atoms with Gasteiger partial charge in [-0.15, -0.1) is 0 Å². The van der Waals surface area contributed by atoms with Gasteiger partial charge in [-0.05, 0) is 35.9 Å². The number of hydrogen-bond donors (Lipinski definition) is 0. The monoisotopic (exact) mass is 413 g/mol. The molecule has 0 atom stereocenters. The van der Waals surface area contributed by atoms with E-state index in [1.807, 2.05) is 0 Å². The van der Waals surface area contributed by atoms with Gasteiger partial charge < -0.3 is 0 Å². The van der Waals surface area contributed by atoms with Crippen LogP contribution in [0.15, 0.2) is 94.9 Å². The zero-order valence-electron chi connectivity index (χ0n) is 14.9. The Morgan fingerprint density at radius 1 is 0.793 bits per heavy atom. The summed E-state index contributed by atoms with van der Waals surface area (Å²) in [7, 11) is -4.00. The second kappa shape index (κ2) is 7.00. The lowest BCUT2D eigenvalue weighted by atomic mass is 9.99. The minimum Gasteiger partial charge on any atom is -0.255 e. The summed E-state index contributed by atoms with van der Waals surface area (Å²) in [5.74, 6) is 0. The highest BCUT2D eigenvalue weighted by atomic mass is 32.2. The van der Waals surface area contributed by atoms with Gasteiger partial charge in [0, 0.05) is 17.1 Å². The molecule has 4 aromatic rings. The Labute approximate surface area is 165 Å². The van der Waals surface area contributed by atoms with Gasteiger partial charge in [-0.25, -0.2) is 8.42 Å². The van der Waals surface area contributed by atoms with Crippen LogP contribution in [0.2, 0.25) is 0 Å². The number of benzene rings is 3. The topological polar surface area (TPSA) is 47.0 Å². The van der Waals surface area contributed by atoms with Gasteiger partial charge in [0.05, 0.1) is 20.9 Å². The number of rotatable bonds is 3. The van der Waals surface area contributed by atoms with Gasteiger partial charge in [0.2, 0.25) is 9.84 Å². The predicted octanol–water partition coefficient (Wildman–Crippen LogP) is 5.75. The molecule has 146 valence electrons. The van der Waals surface area contributed by atoms with Crippen molar-refractivity contribution in [2.24, 2.45) is 0 Å². The fourth-order valence-electron chi connectivity index (χ4n) is 3.18. The number of fused-ring (bicyclic) bond motifs is 1. The minimum absolute atomic E-state index is 0.0466. The first-order valence-corrected chi connectivity index (χ1v) is 10.1. The average Bonchev–Trinajstić information content (AvgIpc) is 2.73. The van der Waals surface area contributed by atoms with Crippen LogP contribution in [0.4, 0.5) is 13.2 Å². The summed E-state index contributed by atoms with van der Waals surface area (Å²) in [6.07, 6.45) is -3.35. The fourth-order valence-corrected chi connectivity index (χ4v) is 4.64. The minimum atomic E-state index is -4.56. The molecule has 0 saturated carbocycles. The van der Waals surface area contributed by atoms with Gasteiger partial charge in [0.25, 0.3) is 0 Å². The van der Waals surface area contributed by atoms with Crippen molar-refractivity contribution in [1.29, 1.82) is 0 Å². The van der Waals surface area contributed by atoms with E-state index in [1.165, 1.54) is 24.4 Å². The van der Waals surface area contributed by atoms with Crippen LogP contribution in [0.25, 0.3) is 22.0 Å². The zero-order chi connectivity index (χ0) is 20.6. The molecule has 0 bridgehead atoms. The van der Waals surface area contributed by atoms with Crippen LogP contribution in [0, 0.1) is 0 Å². The van der Waals surface area contributed by atoms with Gasteiger partial charge in [-0.1, -0.05) is 48.5 Å². The van der Waals surface area contributed by atoms with Crippen LogP contribution in [-0.4, -0.2) is 13.4 Å². The molecule has 0 N–H and O–H groups in total. The second-order valence-corrected chi connectivity index (χ2v) is 8.33. The van der Waals surface area contributed by atoms with Gasteiger partial charge in [-0.2, -0.15) is 13.2 Å². The summed E-state index contributed by atoms with van der Waals surface area (Å²) in [6.45, 7) is 0. The lowest BCUT2D eigenvalue weighted by Crippen LogP contribution is -2.07. The zero-order valence-corrected chi connectivity index (χ0v) is 15.7. The maximum absolute atomic E-state index is 13.3. The van der Waals surface area contributed by atoms with Crippen molar-refractivity contribution in [3.8, 4) is 11.1 Å². The Balaban J connectivity index is 2.10. The molecule has 0 saturated heterocycles. The molecule has 1 aromatic heterocycles. The van der Waals surface area contributed by atoms with Crippen molar-refractivity contribution in [3.63, 3.8) is 0 Å². The van der Waals surface area contributed by atoms with Gasteiger partial charge >= 0.3 is 6.18 Å². The molecule has 3 aromatic carbocycles. The lowest BCUT2D eigenvalue weighted by Gasteiger charge is -2.15. The first-order chi connectivity index (χ1) is 13.8. The number of aromatic nitrogens is 1. The third kappa shape index (κ3) is 3.49.